The summed E-state index contributed by atoms with van der Waals surface area (Å²) in [5.41, 5.74) is 2.85. The first-order valence-electron chi connectivity index (χ1n) is 10.4. The summed E-state index contributed by atoms with van der Waals surface area (Å²) < 4.78 is 11.6. The molecule has 1 fully saturated rings. The number of nitrogens with one attached hydrogen (secondary N) is 1. The smallest absolute Gasteiger partial charge is 0.211 e. The first kappa shape index (κ1) is 21.6. The third kappa shape index (κ3) is 5.56. The van der Waals surface area contributed by atoms with Crippen LogP contribution >= 0.6 is 11.3 Å². The van der Waals surface area contributed by atoms with Crippen LogP contribution in [0.4, 0.5) is 10.9 Å². The van der Waals surface area contributed by atoms with Gasteiger partial charge in [0.1, 0.15) is 22.7 Å². The van der Waals surface area contributed by atoms with Crippen LogP contribution in [0.25, 0.3) is 0 Å². The predicted molar refractivity (Wildman–Crippen MR) is 120 cm³/mol. The second kappa shape index (κ2) is 10.1. The Labute approximate surface area is 185 Å². The number of pyridine rings is 1. The van der Waals surface area contributed by atoms with Crippen molar-refractivity contribution >= 4 is 22.3 Å². The van der Waals surface area contributed by atoms with E-state index in [9.17, 15) is 5.11 Å². The molecule has 3 heterocycles. The van der Waals surface area contributed by atoms with Gasteiger partial charge in [0.15, 0.2) is 0 Å². The Hall–Kier alpha value is -2.59. The Kier molecular flexibility index (Phi) is 7.08. The van der Waals surface area contributed by atoms with Crippen LogP contribution in [0.2, 0.25) is 0 Å². The van der Waals surface area contributed by atoms with Crippen LogP contribution in [0, 0.1) is 6.92 Å². The van der Waals surface area contributed by atoms with E-state index in [0.717, 1.165) is 58.2 Å². The van der Waals surface area contributed by atoms with Gasteiger partial charge in [-0.3, -0.25) is 4.90 Å². The number of nitrogens with zero attached hydrogens (tertiary/aromatic N) is 4. The molecule has 1 saturated heterocycles. The monoisotopic (exact) mass is 441 g/mol. The zero-order valence-corrected chi connectivity index (χ0v) is 18.6. The predicted octanol–water partition coefficient (Wildman–Crippen LogP) is 3.45. The van der Waals surface area contributed by atoms with Gasteiger partial charge in [0.2, 0.25) is 5.13 Å². The topological polar surface area (TPSA) is 92.6 Å². The zero-order valence-electron chi connectivity index (χ0n) is 17.7. The number of hydrogen-bond acceptors (Lipinski definition) is 9. The Morgan fingerprint density at radius 2 is 2.19 bits per heavy atom. The Morgan fingerprint density at radius 3 is 2.97 bits per heavy atom. The maximum atomic E-state index is 9.66. The molecular formula is C22H27N5O3S. The normalized spacial score (nSPS) is 16.9. The Bertz CT molecular complexity index is 1010. The number of benzene rings is 1. The number of aliphatic hydroxyl groups excluding tert-OH is 1. The van der Waals surface area contributed by atoms with Gasteiger partial charge >= 0.3 is 0 Å². The first-order chi connectivity index (χ1) is 15.1. The van der Waals surface area contributed by atoms with E-state index in [1.165, 1.54) is 11.3 Å². The molecule has 0 bridgehead atoms. The molecule has 1 aliphatic rings. The van der Waals surface area contributed by atoms with Crippen molar-refractivity contribution in [2.45, 2.75) is 33.1 Å². The average Bonchev–Trinajstić information content (AvgIpc) is 3.20. The zero-order chi connectivity index (χ0) is 21.6. The molecule has 3 aromatic rings. The summed E-state index contributed by atoms with van der Waals surface area (Å²) in [6.07, 6.45) is -0.105. The van der Waals surface area contributed by atoms with Gasteiger partial charge in [0.25, 0.3) is 0 Å². The van der Waals surface area contributed by atoms with E-state index in [-0.39, 0.29) is 12.7 Å². The van der Waals surface area contributed by atoms with Crippen LogP contribution in [0.15, 0.2) is 36.4 Å². The lowest BCUT2D eigenvalue weighted by Gasteiger charge is -2.33. The molecular weight excluding hydrogens is 414 g/mol. The van der Waals surface area contributed by atoms with E-state index >= 15 is 0 Å². The minimum Gasteiger partial charge on any atom is -0.494 e. The minimum absolute atomic E-state index is 0.0350. The third-order valence-corrected chi connectivity index (χ3v) is 5.77. The lowest BCUT2D eigenvalue weighted by Crippen LogP contribution is -2.38. The summed E-state index contributed by atoms with van der Waals surface area (Å²) in [5, 5.41) is 22.6. The maximum absolute atomic E-state index is 9.66. The summed E-state index contributed by atoms with van der Waals surface area (Å²) in [7, 11) is 0. The van der Waals surface area contributed by atoms with Gasteiger partial charge in [-0.15, -0.1) is 10.2 Å². The molecule has 31 heavy (non-hydrogen) atoms. The molecule has 1 aromatic carbocycles. The van der Waals surface area contributed by atoms with Gasteiger partial charge in [0, 0.05) is 25.2 Å². The second-order valence-electron chi connectivity index (χ2n) is 7.33. The average molecular weight is 442 g/mol. The van der Waals surface area contributed by atoms with Crippen LogP contribution in [0.5, 0.6) is 5.75 Å². The number of aromatic nitrogens is 3. The van der Waals surface area contributed by atoms with Gasteiger partial charge in [-0.2, -0.15) is 0 Å². The highest BCUT2D eigenvalue weighted by Crippen LogP contribution is 2.26. The van der Waals surface area contributed by atoms with Crippen LogP contribution in [0.1, 0.15) is 34.9 Å². The molecule has 1 atom stereocenters. The third-order valence-electron chi connectivity index (χ3n) is 5.01. The van der Waals surface area contributed by atoms with Gasteiger partial charge in [-0.25, -0.2) is 4.98 Å². The fraction of sp³-hybridized carbons (Fsp3) is 0.409. The highest BCUT2D eigenvalue weighted by molar-refractivity contribution is 7.15. The van der Waals surface area contributed by atoms with Crippen LogP contribution in [0.3, 0.4) is 0 Å². The number of aliphatic hydroxyl groups is 1. The number of aryl methyl sites for hydroxylation is 1. The SMILES string of the molecule is CCOc1ccc(CN2CCOC(c3cccc(Nc4nnc(C)s4)n3)C2)cc1CO. The highest BCUT2D eigenvalue weighted by atomic mass is 32.1. The summed E-state index contributed by atoms with van der Waals surface area (Å²) in [5.74, 6) is 1.47. The fourth-order valence-electron chi connectivity index (χ4n) is 3.59. The van der Waals surface area contributed by atoms with Gasteiger partial charge in [0.05, 0.1) is 25.5 Å². The molecule has 0 saturated carbocycles. The van der Waals surface area contributed by atoms with E-state index in [0.29, 0.717) is 13.2 Å². The largest absolute Gasteiger partial charge is 0.494 e. The van der Waals surface area contributed by atoms with E-state index in [2.05, 4.69) is 26.5 Å². The van der Waals surface area contributed by atoms with Crippen molar-refractivity contribution in [2.75, 3.05) is 31.6 Å². The van der Waals surface area contributed by atoms with E-state index in [1.54, 1.807) is 0 Å². The van der Waals surface area contributed by atoms with Gasteiger partial charge in [-0.1, -0.05) is 23.5 Å². The number of hydrogen-bond donors (Lipinski definition) is 2. The van der Waals surface area contributed by atoms with Crippen LogP contribution < -0.4 is 10.1 Å². The molecule has 8 nitrogen and oxygen atoms in total. The summed E-state index contributed by atoms with van der Waals surface area (Å²) in [6.45, 7) is 7.42. The molecule has 0 spiro atoms. The summed E-state index contributed by atoms with van der Waals surface area (Å²) in [6, 6.07) is 11.9. The molecule has 1 aliphatic heterocycles. The van der Waals surface area contributed by atoms with Gasteiger partial charge in [-0.05, 0) is 43.7 Å². The highest BCUT2D eigenvalue weighted by Gasteiger charge is 2.23. The van der Waals surface area contributed by atoms with Gasteiger partial charge < -0.3 is 19.9 Å². The lowest BCUT2D eigenvalue weighted by atomic mass is 10.1. The van der Waals surface area contributed by atoms with Crippen molar-refractivity contribution in [1.82, 2.24) is 20.1 Å². The van der Waals surface area contributed by atoms with Crippen molar-refractivity contribution in [1.29, 1.82) is 0 Å². The minimum atomic E-state index is -0.105. The molecule has 9 heteroatoms. The van der Waals surface area contributed by atoms with Crippen LogP contribution in [-0.2, 0) is 17.9 Å². The molecule has 0 amide bonds. The number of anilines is 2. The van der Waals surface area contributed by atoms with Crippen molar-refractivity contribution in [3.8, 4) is 5.75 Å². The molecule has 2 aromatic heterocycles. The van der Waals surface area contributed by atoms with Crippen molar-refractivity contribution in [3.63, 3.8) is 0 Å². The molecule has 2 N–H and O–H groups in total. The van der Waals surface area contributed by atoms with Crippen molar-refractivity contribution in [2.24, 2.45) is 0 Å². The van der Waals surface area contributed by atoms with E-state index < -0.39 is 0 Å². The molecule has 1 unspecified atom stereocenters. The van der Waals surface area contributed by atoms with E-state index in [4.69, 9.17) is 14.5 Å². The lowest BCUT2D eigenvalue weighted by molar-refractivity contribution is -0.0349. The molecule has 0 aliphatic carbocycles. The van der Waals surface area contributed by atoms with E-state index in [1.807, 2.05) is 44.2 Å². The Balaban J connectivity index is 1.42. The molecule has 0 radical (unpaired) electrons. The van der Waals surface area contributed by atoms with Crippen LogP contribution in [-0.4, -0.2) is 51.5 Å². The summed E-state index contributed by atoms with van der Waals surface area (Å²) >= 11 is 1.49. The molecule has 4 rings (SSSR count). The van der Waals surface area contributed by atoms with Crippen molar-refractivity contribution < 1.29 is 14.6 Å². The summed E-state index contributed by atoms with van der Waals surface area (Å²) in [4.78, 5) is 7.08. The first-order valence-corrected chi connectivity index (χ1v) is 11.2. The number of rotatable bonds is 8. The number of morpholine rings is 1. The number of ether oxygens (including phenoxy) is 2. The second-order valence-corrected chi connectivity index (χ2v) is 8.51. The maximum Gasteiger partial charge on any atom is 0.211 e. The standard InChI is InChI=1S/C22H27N5O3S/c1-3-29-19-8-7-16(11-17(19)14-28)12-27-9-10-30-20(13-27)18-5-4-6-21(23-18)24-22-26-25-15(2)31-22/h4-8,11,20,28H,3,9-10,12-14H2,1-2H3,(H,23,24,26). The Morgan fingerprint density at radius 1 is 1.29 bits per heavy atom. The fourth-order valence-corrected chi connectivity index (χ4v) is 4.19. The van der Waals surface area contributed by atoms with Crippen molar-refractivity contribution in [3.05, 3.63) is 58.2 Å². The quantitative estimate of drug-likeness (QED) is 0.549. The molecule has 164 valence electrons.